The number of halogens is 2. The lowest BCUT2D eigenvalue weighted by Crippen LogP contribution is -2.13. The Hall–Kier alpha value is -1.70. The van der Waals surface area contributed by atoms with Crippen LogP contribution in [0, 0.1) is 23.5 Å². The first-order chi connectivity index (χ1) is 13.5. The van der Waals surface area contributed by atoms with E-state index in [9.17, 15) is 8.78 Å². The van der Waals surface area contributed by atoms with Crippen molar-refractivity contribution >= 4 is 0 Å². The SMILES string of the molecule is C.C.CC1CCC(c2ccc(-c3ccc(C4CCC(C)CC4)c(F)c3F)cc2)CC1.[HH].[HH]. The molecule has 0 N–H and O–H groups in total. The maximum absolute atomic E-state index is 14.9. The van der Waals surface area contributed by atoms with Gasteiger partial charge < -0.3 is 0 Å². The molecule has 0 radical (unpaired) electrons. The minimum absolute atomic E-state index is 0. The van der Waals surface area contributed by atoms with Crippen molar-refractivity contribution in [3.8, 4) is 11.1 Å². The maximum Gasteiger partial charge on any atom is 0.166 e. The van der Waals surface area contributed by atoms with Crippen molar-refractivity contribution in [3.63, 3.8) is 0 Å². The van der Waals surface area contributed by atoms with Crippen LogP contribution in [-0.4, -0.2) is 0 Å². The van der Waals surface area contributed by atoms with Gasteiger partial charge in [-0.1, -0.05) is 90.8 Å². The Morgan fingerprint density at radius 3 is 1.67 bits per heavy atom. The number of benzene rings is 2. The second-order valence-electron chi connectivity index (χ2n) is 9.37. The van der Waals surface area contributed by atoms with Crippen LogP contribution >= 0.6 is 0 Å². The number of hydrogen-bond donors (Lipinski definition) is 0. The average Bonchev–Trinajstić information content (AvgIpc) is 2.72. The lowest BCUT2D eigenvalue weighted by Gasteiger charge is -2.27. The molecule has 0 spiro atoms. The third kappa shape index (κ3) is 5.13. The van der Waals surface area contributed by atoms with Crippen LogP contribution in [0.4, 0.5) is 8.78 Å². The molecule has 0 aliphatic heterocycles. The summed E-state index contributed by atoms with van der Waals surface area (Å²) in [6.45, 7) is 4.57. The van der Waals surface area contributed by atoms with Crippen LogP contribution in [0.1, 0.15) is 106 Å². The monoisotopic (exact) mass is 418 g/mol. The molecule has 2 aromatic rings. The van der Waals surface area contributed by atoms with Gasteiger partial charge >= 0.3 is 0 Å². The van der Waals surface area contributed by atoms with Gasteiger partial charge in [0.25, 0.3) is 0 Å². The standard InChI is InChI=1S/C26H32F2.2CH4.2H2/c1-17-3-7-19(8-4-17)20-11-13-22(14-12-20)24-16-15-23(25(27)26(24)28)21-9-5-18(2)6-10-21;;;;/h11-19,21H,3-10H2,1-2H3;2*1H4;2*1H. The Kier molecular flexibility index (Phi) is 8.64. The van der Waals surface area contributed by atoms with Crippen LogP contribution in [0.5, 0.6) is 0 Å². The van der Waals surface area contributed by atoms with Crippen molar-refractivity contribution in [1.82, 2.24) is 0 Å². The molecule has 0 heterocycles. The van der Waals surface area contributed by atoms with E-state index in [2.05, 4.69) is 26.0 Å². The first kappa shape index (κ1) is 24.6. The fourth-order valence-electron chi connectivity index (χ4n) is 5.20. The molecule has 4 rings (SSSR count). The zero-order valence-corrected chi connectivity index (χ0v) is 17.2. The molecule has 0 saturated heterocycles. The van der Waals surface area contributed by atoms with Crippen LogP contribution in [0.15, 0.2) is 36.4 Å². The predicted molar refractivity (Wildman–Crippen MR) is 130 cm³/mol. The maximum atomic E-state index is 14.9. The molecule has 0 amide bonds. The van der Waals surface area contributed by atoms with Gasteiger partial charge in [0.05, 0.1) is 0 Å². The van der Waals surface area contributed by atoms with Gasteiger partial charge in [0.2, 0.25) is 0 Å². The number of rotatable bonds is 3. The Balaban J connectivity index is 0.00000240. The fourth-order valence-corrected chi connectivity index (χ4v) is 5.20. The van der Waals surface area contributed by atoms with Crippen molar-refractivity contribution in [2.45, 2.75) is 91.9 Å². The molecule has 2 heteroatoms. The summed E-state index contributed by atoms with van der Waals surface area (Å²) < 4.78 is 29.8. The highest BCUT2D eigenvalue weighted by atomic mass is 19.2. The normalized spacial score (nSPS) is 26.4. The highest BCUT2D eigenvalue weighted by molar-refractivity contribution is 5.65. The van der Waals surface area contributed by atoms with E-state index in [1.807, 2.05) is 18.2 Å². The fraction of sp³-hybridized carbons (Fsp3) is 0.571. The first-order valence-electron chi connectivity index (χ1n) is 11.1. The van der Waals surface area contributed by atoms with Gasteiger partial charge in [0.1, 0.15) is 0 Å². The summed E-state index contributed by atoms with van der Waals surface area (Å²) >= 11 is 0. The molecule has 0 atom stereocenters. The minimum Gasteiger partial charge on any atom is -0.203 e. The summed E-state index contributed by atoms with van der Waals surface area (Å²) in [7, 11) is 0. The van der Waals surface area contributed by atoms with E-state index in [1.54, 1.807) is 6.07 Å². The molecule has 0 bridgehead atoms. The first-order valence-corrected chi connectivity index (χ1v) is 11.1. The summed E-state index contributed by atoms with van der Waals surface area (Å²) in [6.07, 6.45) is 9.18. The smallest absolute Gasteiger partial charge is 0.166 e. The van der Waals surface area contributed by atoms with E-state index in [0.29, 0.717) is 23.0 Å². The Morgan fingerprint density at radius 1 is 0.633 bits per heavy atom. The van der Waals surface area contributed by atoms with E-state index in [1.165, 1.54) is 31.2 Å². The molecule has 2 aliphatic rings. The minimum atomic E-state index is -0.685. The Morgan fingerprint density at radius 2 is 1.13 bits per heavy atom. The topological polar surface area (TPSA) is 0 Å². The summed E-state index contributed by atoms with van der Waals surface area (Å²) in [4.78, 5) is 0. The van der Waals surface area contributed by atoms with Crippen LogP contribution < -0.4 is 0 Å². The zero-order chi connectivity index (χ0) is 19.7. The lowest BCUT2D eigenvalue weighted by molar-refractivity contribution is 0.339. The second-order valence-corrected chi connectivity index (χ2v) is 9.37. The molecule has 2 aromatic carbocycles. The quantitative estimate of drug-likeness (QED) is 0.465. The van der Waals surface area contributed by atoms with E-state index in [-0.39, 0.29) is 23.6 Å². The summed E-state index contributed by atoms with van der Waals surface area (Å²) in [6, 6.07) is 11.8. The molecule has 30 heavy (non-hydrogen) atoms. The van der Waals surface area contributed by atoms with E-state index in [4.69, 9.17) is 0 Å². The summed E-state index contributed by atoms with van der Waals surface area (Å²) in [5, 5.41) is 0. The lowest BCUT2D eigenvalue weighted by atomic mass is 9.78. The van der Waals surface area contributed by atoms with Crippen LogP contribution in [0.2, 0.25) is 0 Å². The third-order valence-electron chi connectivity index (χ3n) is 7.28. The molecule has 2 aliphatic carbocycles. The zero-order valence-electron chi connectivity index (χ0n) is 17.2. The highest BCUT2D eigenvalue weighted by Gasteiger charge is 2.25. The van der Waals surface area contributed by atoms with E-state index < -0.39 is 11.6 Å². The van der Waals surface area contributed by atoms with Crippen LogP contribution in [0.25, 0.3) is 11.1 Å². The van der Waals surface area contributed by atoms with Crippen LogP contribution in [0.3, 0.4) is 0 Å². The van der Waals surface area contributed by atoms with Crippen molar-refractivity contribution in [2.75, 3.05) is 0 Å². The van der Waals surface area contributed by atoms with Gasteiger partial charge in [-0.15, -0.1) is 0 Å². The average molecular weight is 419 g/mol. The third-order valence-corrected chi connectivity index (χ3v) is 7.28. The highest BCUT2D eigenvalue weighted by Crippen LogP contribution is 2.39. The van der Waals surface area contributed by atoms with Gasteiger partial charge in [0, 0.05) is 8.42 Å². The van der Waals surface area contributed by atoms with Crippen molar-refractivity contribution in [1.29, 1.82) is 0 Å². The molecular formula is C28H44F2. The molecule has 2 fully saturated rings. The molecule has 0 unspecified atom stereocenters. The van der Waals surface area contributed by atoms with E-state index >= 15 is 0 Å². The molecule has 2 saturated carbocycles. The van der Waals surface area contributed by atoms with Gasteiger partial charge in [-0.3, -0.25) is 0 Å². The van der Waals surface area contributed by atoms with Crippen molar-refractivity contribution in [3.05, 3.63) is 59.2 Å². The molecule has 0 nitrogen and oxygen atoms in total. The Bertz CT molecular complexity index is 803. The summed E-state index contributed by atoms with van der Waals surface area (Å²) in [5.74, 6) is 0.990. The Labute approximate surface area is 186 Å². The second kappa shape index (κ2) is 10.6. The number of hydrogen-bond acceptors (Lipinski definition) is 0. The van der Waals surface area contributed by atoms with Gasteiger partial charge in [-0.2, -0.15) is 0 Å². The van der Waals surface area contributed by atoms with Crippen molar-refractivity contribution in [2.24, 2.45) is 11.8 Å². The molecular weight excluding hydrogens is 374 g/mol. The largest absolute Gasteiger partial charge is 0.203 e. The predicted octanol–water partition coefficient (Wildman–Crippen LogP) is 9.98. The van der Waals surface area contributed by atoms with Gasteiger partial charge in [-0.25, -0.2) is 8.78 Å². The molecule has 170 valence electrons. The molecule has 0 aromatic heterocycles. The van der Waals surface area contributed by atoms with Crippen molar-refractivity contribution < 1.29 is 11.6 Å². The van der Waals surface area contributed by atoms with Crippen LogP contribution in [-0.2, 0) is 0 Å². The van der Waals surface area contributed by atoms with Gasteiger partial charge in [0.15, 0.2) is 11.6 Å². The van der Waals surface area contributed by atoms with E-state index in [0.717, 1.165) is 37.2 Å². The summed E-state index contributed by atoms with van der Waals surface area (Å²) in [5.41, 5.74) is 3.06. The van der Waals surface area contributed by atoms with Gasteiger partial charge in [-0.05, 0) is 66.0 Å².